The second-order valence-corrected chi connectivity index (χ2v) is 6.74. The van der Waals surface area contributed by atoms with Crippen molar-refractivity contribution < 1.29 is 0 Å². The van der Waals surface area contributed by atoms with Gasteiger partial charge in [-0.2, -0.15) is 0 Å². The maximum atomic E-state index is 5.70. The maximum absolute atomic E-state index is 5.70. The van der Waals surface area contributed by atoms with Gasteiger partial charge < -0.3 is 0 Å². The van der Waals surface area contributed by atoms with E-state index in [1.165, 1.54) is 32.1 Å². The molecule has 2 saturated carbocycles. The molecule has 3 rings (SSSR count). The number of thiazole rings is 1. The van der Waals surface area contributed by atoms with Gasteiger partial charge in [-0.05, 0) is 50.4 Å². The van der Waals surface area contributed by atoms with Gasteiger partial charge in [0.2, 0.25) is 0 Å². The third-order valence-corrected chi connectivity index (χ3v) is 5.41. The highest BCUT2D eigenvalue weighted by atomic mass is 32.1. The number of aromatic nitrogens is 1. The molecule has 1 aromatic rings. The second kappa shape index (κ2) is 4.67. The molecule has 2 aliphatic carbocycles. The monoisotopic (exact) mass is 251 g/mol. The summed E-state index contributed by atoms with van der Waals surface area (Å²) in [5.41, 5.74) is 4.10. The Labute approximate surface area is 107 Å². The molecule has 3 N–H and O–H groups in total. The van der Waals surface area contributed by atoms with Crippen molar-refractivity contribution in [3.8, 4) is 0 Å². The molecule has 2 bridgehead atoms. The summed E-state index contributed by atoms with van der Waals surface area (Å²) in [6.07, 6.45) is 6.98. The van der Waals surface area contributed by atoms with Gasteiger partial charge in [0.25, 0.3) is 0 Å². The van der Waals surface area contributed by atoms with E-state index >= 15 is 0 Å². The van der Waals surface area contributed by atoms with Crippen LogP contribution in [0.15, 0.2) is 5.38 Å². The fourth-order valence-corrected chi connectivity index (χ4v) is 4.45. The highest BCUT2D eigenvalue weighted by Crippen LogP contribution is 2.50. The van der Waals surface area contributed by atoms with Crippen LogP contribution >= 0.6 is 11.3 Å². The number of hydrogen-bond donors (Lipinski definition) is 2. The van der Waals surface area contributed by atoms with Gasteiger partial charge in [0.05, 0.1) is 16.7 Å². The van der Waals surface area contributed by atoms with Crippen LogP contribution in [0.3, 0.4) is 0 Å². The van der Waals surface area contributed by atoms with E-state index in [2.05, 4.69) is 22.7 Å². The molecule has 0 aromatic carbocycles. The number of rotatable bonds is 4. The lowest BCUT2D eigenvalue weighted by Gasteiger charge is -2.25. The quantitative estimate of drug-likeness (QED) is 0.639. The number of hydrogen-bond acceptors (Lipinski definition) is 4. The fraction of sp³-hybridized carbons (Fsp3) is 0.769. The van der Waals surface area contributed by atoms with Crippen LogP contribution in [0.4, 0.5) is 0 Å². The number of hydrazine groups is 1. The molecule has 0 spiro atoms. The Bertz CT molecular complexity index is 390. The molecule has 3 nitrogen and oxygen atoms in total. The number of nitrogens with one attached hydrogen (secondary N) is 1. The molecule has 4 heteroatoms. The van der Waals surface area contributed by atoms with E-state index in [9.17, 15) is 0 Å². The third-order valence-electron chi connectivity index (χ3n) is 4.62. The van der Waals surface area contributed by atoms with Gasteiger partial charge in [-0.15, -0.1) is 11.3 Å². The summed E-state index contributed by atoms with van der Waals surface area (Å²) < 4.78 is 0. The molecule has 4 unspecified atom stereocenters. The lowest BCUT2D eigenvalue weighted by Crippen LogP contribution is -2.31. The van der Waals surface area contributed by atoms with Gasteiger partial charge in [0.15, 0.2) is 0 Å². The Morgan fingerprint density at radius 3 is 2.94 bits per heavy atom. The van der Waals surface area contributed by atoms with Crippen LogP contribution in [0, 0.1) is 24.7 Å². The second-order valence-electron chi connectivity index (χ2n) is 5.68. The first-order chi connectivity index (χ1) is 8.26. The molecular formula is C13H21N3S. The van der Waals surface area contributed by atoms with Gasteiger partial charge in [-0.3, -0.25) is 11.3 Å². The highest BCUT2D eigenvalue weighted by Gasteiger charge is 2.40. The predicted molar refractivity (Wildman–Crippen MR) is 70.5 cm³/mol. The molecule has 2 aliphatic rings. The summed E-state index contributed by atoms with van der Waals surface area (Å²) in [5, 5.41) is 3.28. The number of nitrogens with two attached hydrogens (primary N) is 1. The Balaban J connectivity index is 1.66. The minimum Gasteiger partial charge on any atom is -0.271 e. The van der Waals surface area contributed by atoms with Crippen molar-refractivity contribution in [2.45, 2.75) is 45.1 Å². The van der Waals surface area contributed by atoms with Crippen molar-refractivity contribution in [2.75, 3.05) is 0 Å². The van der Waals surface area contributed by atoms with Gasteiger partial charge >= 0.3 is 0 Å². The summed E-state index contributed by atoms with van der Waals surface area (Å²) in [4.78, 5) is 4.56. The van der Waals surface area contributed by atoms with E-state index in [1.54, 1.807) is 11.3 Å². The zero-order valence-corrected chi connectivity index (χ0v) is 11.2. The van der Waals surface area contributed by atoms with Crippen molar-refractivity contribution in [3.63, 3.8) is 0 Å². The van der Waals surface area contributed by atoms with Crippen LogP contribution < -0.4 is 11.3 Å². The molecule has 94 valence electrons. The van der Waals surface area contributed by atoms with Gasteiger partial charge in [0.1, 0.15) is 0 Å². The predicted octanol–water partition coefficient (Wildman–Crippen LogP) is 2.78. The zero-order chi connectivity index (χ0) is 11.8. The van der Waals surface area contributed by atoms with Crippen molar-refractivity contribution >= 4 is 11.3 Å². The molecule has 0 saturated heterocycles. The van der Waals surface area contributed by atoms with Crippen molar-refractivity contribution in [3.05, 3.63) is 16.1 Å². The summed E-state index contributed by atoms with van der Waals surface area (Å²) in [6, 6.07) is 0.254. The van der Waals surface area contributed by atoms with E-state index in [-0.39, 0.29) is 6.04 Å². The van der Waals surface area contributed by atoms with Crippen molar-refractivity contribution in [1.82, 2.24) is 10.4 Å². The van der Waals surface area contributed by atoms with Crippen LogP contribution in [-0.4, -0.2) is 4.98 Å². The first-order valence-corrected chi connectivity index (χ1v) is 7.52. The maximum Gasteiger partial charge on any atom is 0.0898 e. The standard InChI is InChI=1S/C13H21N3S/c1-8-15-13(7-17-8)12(16-14)6-11-5-9-2-3-10(11)4-9/h7,9-12,16H,2-6,14H2,1H3. The average Bonchev–Trinajstić information content (AvgIpc) is 3.01. The normalized spacial score (nSPS) is 33.2. The lowest BCUT2D eigenvalue weighted by molar-refractivity contribution is 0.278. The molecule has 2 fully saturated rings. The van der Waals surface area contributed by atoms with E-state index in [1.807, 2.05) is 0 Å². The summed E-state index contributed by atoms with van der Waals surface area (Å²) >= 11 is 1.71. The Kier molecular flexibility index (Phi) is 3.19. The smallest absolute Gasteiger partial charge is 0.0898 e. The number of aryl methyl sites for hydroxylation is 1. The minimum atomic E-state index is 0.254. The van der Waals surface area contributed by atoms with Crippen LogP contribution in [0.2, 0.25) is 0 Å². The van der Waals surface area contributed by atoms with Gasteiger partial charge in [-0.1, -0.05) is 6.42 Å². The molecule has 0 radical (unpaired) electrons. The Morgan fingerprint density at radius 2 is 2.41 bits per heavy atom. The van der Waals surface area contributed by atoms with Crippen LogP contribution in [0.5, 0.6) is 0 Å². The van der Waals surface area contributed by atoms with E-state index in [0.29, 0.717) is 0 Å². The number of fused-ring (bicyclic) bond motifs is 2. The third kappa shape index (κ3) is 2.26. The van der Waals surface area contributed by atoms with Gasteiger partial charge in [0, 0.05) is 5.38 Å². The minimum absolute atomic E-state index is 0.254. The van der Waals surface area contributed by atoms with Crippen LogP contribution in [-0.2, 0) is 0 Å². The average molecular weight is 251 g/mol. The summed E-state index contributed by atoms with van der Waals surface area (Å²) in [6.45, 7) is 2.05. The zero-order valence-electron chi connectivity index (χ0n) is 10.4. The Hall–Kier alpha value is -0.450. The molecule has 17 heavy (non-hydrogen) atoms. The topological polar surface area (TPSA) is 50.9 Å². The van der Waals surface area contributed by atoms with E-state index in [0.717, 1.165) is 28.5 Å². The van der Waals surface area contributed by atoms with Crippen molar-refractivity contribution in [1.29, 1.82) is 0 Å². The largest absolute Gasteiger partial charge is 0.271 e. The Morgan fingerprint density at radius 1 is 1.53 bits per heavy atom. The summed E-state index contributed by atoms with van der Waals surface area (Å²) in [7, 11) is 0. The number of nitrogens with zero attached hydrogens (tertiary/aromatic N) is 1. The first-order valence-electron chi connectivity index (χ1n) is 6.64. The molecule has 0 aliphatic heterocycles. The molecule has 1 aromatic heterocycles. The molecule has 4 atom stereocenters. The van der Waals surface area contributed by atoms with E-state index < -0.39 is 0 Å². The van der Waals surface area contributed by atoms with Crippen molar-refractivity contribution in [2.24, 2.45) is 23.6 Å². The molecule has 1 heterocycles. The lowest BCUT2D eigenvalue weighted by atomic mass is 9.84. The van der Waals surface area contributed by atoms with Gasteiger partial charge in [-0.25, -0.2) is 4.98 Å². The first kappa shape index (κ1) is 11.6. The molecule has 0 amide bonds. The highest BCUT2D eigenvalue weighted by molar-refractivity contribution is 7.09. The van der Waals surface area contributed by atoms with Crippen LogP contribution in [0.1, 0.15) is 48.8 Å². The SMILES string of the molecule is Cc1nc(C(CC2CC3CCC2C3)NN)cs1. The fourth-order valence-electron chi connectivity index (χ4n) is 3.78. The van der Waals surface area contributed by atoms with E-state index in [4.69, 9.17) is 5.84 Å². The van der Waals surface area contributed by atoms with Crippen LogP contribution in [0.25, 0.3) is 0 Å². The summed E-state index contributed by atoms with van der Waals surface area (Å²) in [5.74, 6) is 8.56. The molecular weight excluding hydrogens is 230 g/mol.